The third kappa shape index (κ3) is 4.57. The van der Waals surface area contributed by atoms with Gasteiger partial charge in [0, 0.05) is 11.6 Å². The van der Waals surface area contributed by atoms with Crippen LogP contribution in [0.1, 0.15) is 35.6 Å². The molecule has 0 unspecified atom stereocenters. The molecule has 1 aliphatic rings. The van der Waals surface area contributed by atoms with Gasteiger partial charge in [-0.15, -0.1) is 0 Å². The fourth-order valence-corrected chi connectivity index (χ4v) is 3.09. The highest BCUT2D eigenvalue weighted by Crippen LogP contribution is 2.29. The summed E-state index contributed by atoms with van der Waals surface area (Å²) >= 11 is 0. The fraction of sp³-hybridized carbons (Fsp3) is 0.238. The van der Waals surface area contributed by atoms with E-state index in [0.717, 1.165) is 30.9 Å². The number of carbonyl (C=O) groups is 2. The van der Waals surface area contributed by atoms with E-state index in [1.54, 1.807) is 18.2 Å². The molecule has 4 nitrogen and oxygen atoms in total. The molecule has 1 atom stereocenters. The summed E-state index contributed by atoms with van der Waals surface area (Å²) in [4.78, 5) is 23.8. The first-order chi connectivity index (χ1) is 12.6. The Kier molecular flexibility index (Phi) is 5.79. The van der Waals surface area contributed by atoms with Gasteiger partial charge in [-0.25, -0.2) is 9.18 Å². The van der Waals surface area contributed by atoms with Gasteiger partial charge in [-0.05, 0) is 42.5 Å². The van der Waals surface area contributed by atoms with E-state index in [1.807, 2.05) is 18.2 Å². The Bertz CT molecular complexity index is 832. The zero-order valence-electron chi connectivity index (χ0n) is 14.3. The third-order valence-electron chi connectivity index (χ3n) is 4.35. The number of rotatable bonds is 5. The number of fused-ring (bicyclic) bond motifs is 1. The summed E-state index contributed by atoms with van der Waals surface area (Å²) < 4.78 is 18.4. The molecular formula is C21H20FNO3. The molecule has 0 fully saturated rings. The molecule has 1 aliphatic carbocycles. The van der Waals surface area contributed by atoms with Crippen molar-refractivity contribution in [2.24, 2.45) is 0 Å². The first-order valence-corrected chi connectivity index (χ1v) is 8.60. The Labute approximate surface area is 151 Å². The van der Waals surface area contributed by atoms with Crippen LogP contribution in [-0.4, -0.2) is 18.5 Å². The largest absolute Gasteiger partial charge is 0.452 e. The van der Waals surface area contributed by atoms with Crippen molar-refractivity contribution in [1.29, 1.82) is 0 Å². The van der Waals surface area contributed by atoms with Crippen LogP contribution >= 0.6 is 0 Å². The highest BCUT2D eigenvalue weighted by atomic mass is 19.1. The number of aryl methyl sites for hydroxylation is 1. The molecule has 2 aromatic rings. The van der Waals surface area contributed by atoms with Gasteiger partial charge in [0.1, 0.15) is 5.82 Å². The maximum absolute atomic E-state index is 13.5. The number of ether oxygens (including phenoxy) is 1. The summed E-state index contributed by atoms with van der Waals surface area (Å²) in [6.07, 6.45) is 5.32. The molecule has 0 aliphatic heterocycles. The summed E-state index contributed by atoms with van der Waals surface area (Å²) in [5.41, 5.74) is 2.65. The second-order valence-corrected chi connectivity index (χ2v) is 6.17. The highest BCUT2D eigenvalue weighted by molar-refractivity contribution is 5.89. The van der Waals surface area contributed by atoms with Crippen LogP contribution in [-0.2, 0) is 20.7 Å². The zero-order valence-corrected chi connectivity index (χ0v) is 14.3. The monoisotopic (exact) mass is 353 g/mol. The molecule has 26 heavy (non-hydrogen) atoms. The van der Waals surface area contributed by atoms with Crippen LogP contribution < -0.4 is 5.32 Å². The lowest BCUT2D eigenvalue weighted by Crippen LogP contribution is -2.34. The number of nitrogens with one attached hydrogen (secondary N) is 1. The van der Waals surface area contributed by atoms with Crippen molar-refractivity contribution in [2.75, 3.05) is 6.61 Å². The molecule has 0 saturated carbocycles. The molecule has 0 bridgehead atoms. The first kappa shape index (κ1) is 17.9. The van der Waals surface area contributed by atoms with Gasteiger partial charge in [0.2, 0.25) is 0 Å². The van der Waals surface area contributed by atoms with E-state index in [0.29, 0.717) is 0 Å². The highest BCUT2D eigenvalue weighted by Gasteiger charge is 2.21. The van der Waals surface area contributed by atoms with Gasteiger partial charge >= 0.3 is 5.97 Å². The number of halogens is 1. The summed E-state index contributed by atoms with van der Waals surface area (Å²) in [6, 6.07) is 14.1. The maximum atomic E-state index is 13.5. The molecule has 0 radical (unpaired) electrons. The molecule has 5 heteroatoms. The van der Waals surface area contributed by atoms with Gasteiger partial charge in [0.15, 0.2) is 6.61 Å². The van der Waals surface area contributed by atoms with Crippen LogP contribution in [0.25, 0.3) is 6.08 Å². The number of amides is 1. The SMILES string of the molecule is O=C(COC(=O)/C=C/c1ccccc1F)N[C@@H]1CCCc2ccccc21. The number of hydrogen-bond donors (Lipinski definition) is 1. The third-order valence-corrected chi connectivity index (χ3v) is 4.35. The number of esters is 1. The number of carbonyl (C=O) groups excluding carboxylic acids is 2. The second-order valence-electron chi connectivity index (χ2n) is 6.17. The van der Waals surface area contributed by atoms with Crippen molar-refractivity contribution in [2.45, 2.75) is 25.3 Å². The Morgan fingerprint density at radius 3 is 2.77 bits per heavy atom. The number of hydrogen-bond acceptors (Lipinski definition) is 3. The minimum absolute atomic E-state index is 0.0555. The summed E-state index contributed by atoms with van der Waals surface area (Å²) in [7, 11) is 0. The topological polar surface area (TPSA) is 55.4 Å². The molecule has 0 heterocycles. The van der Waals surface area contributed by atoms with Crippen molar-refractivity contribution >= 4 is 18.0 Å². The lowest BCUT2D eigenvalue weighted by Gasteiger charge is -2.26. The van der Waals surface area contributed by atoms with Crippen LogP contribution in [0.2, 0.25) is 0 Å². The quantitative estimate of drug-likeness (QED) is 0.660. The van der Waals surface area contributed by atoms with Crippen LogP contribution in [0, 0.1) is 5.82 Å². The Morgan fingerprint density at radius 2 is 1.92 bits per heavy atom. The minimum atomic E-state index is -0.688. The van der Waals surface area contributed by atoms with E-state index in [-0.39, 0.29) is 24.1 Å². The van der Waals surface area contributed by atoms with Gasteiger partial charge in [-0.1, -0.05) is 42.5 Å². The molecule has 0 spiro atoms. The predicted molar refractivity (Wildman–Crippen MR) is 96.7 cm³/mol. The first-order valence-electron chi connectivity index (χ1n) is 8.60. The Morgan fingerprint density at radius 1 is 1.15 bits per heavy atom. The van der Waals surface area contributed by atoms with Gasteiger partial charge in [-0.2, -0.15) is 0 Å². The van der Waals surface area contributed by atoms with Gasteiger partial charge in [0.25, 0.3) is 5.91 Å². The summed E-state index contributed by atoms with van der Waals surface area (Å²) in [6.45, 7) is -0.362. The van der Waals surface area contributed by atoms with E-state index >= 15 is 0 Å². The molecule has 0 saturated heterocycles. The summed E-state index contributed by atoms with van der Waals surface area (Å²) in [5.74, 6) is -1.46. The Balaban J connectivity index is 1.50. The average Bonchev–Trinajstić information content (AvgIpc) is 2.66. The fourth-order valence-electron chi connectivity index (χ4n) is 3.09. The van der Waals surface area contributed by atoms with E-state index in [4.69, 9.17) is 4.74 Å². The maximum Gasteiger partial charge on any atom is 0.331 e. The Hall–Kier alpha value is -2.95. The standard InChI is InChI=1S/C21H20FNO3/c22-18-10-4-2-7-16(18)12-13-21(25)26-14-20(24)23-19-11-5-8-15-6-1-3-9-17(15)19/h1-4,6-7,9-10,12-13,19H,5,8,11,14H2,(H,23,24)/b13-12+/t19-/m1/s1. The molecule has 1 amide bonds. The zero-order chi connectivity index (χ0) is 18.4. The van der Waals surface area contributed by atoms with Crippen molar-refractivity contribution in [3.05, 3.63) is 77.1 Å². The van der Waals surface area contributed by atoms with Gasteiger partial charge < -0.3 is 10.1 Å². The van der Waals surface area contributed by atoms with Crippen molar-refractivity contribution < 1.29 is 18.7 Å². The smallest absolute Gasteiger partial charge is 0.331 e. The lowest BCUT2D eigenvalue weighted by molar-refractivity contribution is -0.144. The lowest BCUT2D eigenvalue weighted by atomic mass is 9.88. The molecular weight excluding hydrogens is 333 g/mol. The summed E-state index contributed by atoms with van der Waals surface area (Å²) in [5, 5.41) is 2.91. The molecule has 0 aromatic heterocycles. The van der Waals surface area contributed by atoms with Gasteiger partial charge in [0.05, 0.1) is 6.04 Å². The van der Waals surface area contributed by atoms with E-state index < -0.39 is 11.8 Å². The van der Waals surface area contributed by atoms with E-state index in [2.05, 4.69) is 11.4 Å². The van der Waals surface area contributed by atoms with E-state index in [9.17, 15) is 14.0 Å². The molecule has 3 rings (SSSR count). The van der Waals surface area contributed by atoms with Crippen LogP contribution in [0.15, 0.2) is 54.6 Å². The second kappa shape index (κ2) is 8.43. The van der Waals surface area contributed by atoms with Crippen LogP contribution in [0.4, 0.5) is 4.39 Å². The molecule has 1 N–H and O–H groups in total. The molecule has 2 aromatic carbocycles. The van der Waals surface area contributed by atoms with Crippen LogP contribution in [0.5, 0.6) is 0 Å². The van der Waals surface area contributed by atoms with Crippen molar-refractivity contribution in [1.82, 2.24) is 5.32 Å². The normalized spacial score (nSPS) is 16.1. The predicted octanol–water partition coefficient (Wildman–Crippen LogP) is 3.58. The molecule has 134 valence electrons. The van der Waals surface area contributed by atoms with Crippen molar-refractivity contribution in [3.8, 4) is 0 Å². The van der Waals surface area contributed by atoms with E-state index in [1.165, 1.54) is 17.7 Å². The minimum Gasteiger partial charge on any atom is -0.452 e. The van der Waals surface area contributed by atoms with Crippen molar-refractivity contribution in [3.63, 3.8) is 0 Å². The average molecular weight is 353 g/mol. The van der Waals surface area contributed by atoms with Gasteiger partial charge in [-0.3, -0.25) is 4.79 Å². The van der Waals surface area contributed by atoms with Crippen LogP contribution in [0.3, 0.4) is 0 Å². The number of benzene rings is 2.